The highest BCUT2D eigenvalue weighted by molar-refractivity contribution is 9.10. The Bertz CT molecular complexity index is 549. The van der Waals surface area contributed by atoms with Gasteiger partial charge in [-0.05, 0) is 46.5 Å². The molecule has 0 spiro atoms. The van der Waals surface area contributed by atoms with Crippen LogP contribution in [-0.4, -0.2) is 35.0 Å². The first-order valence-electron chi connectivity index (χ1n) is 6.35. The number of carboxylic acid groups (broad SMARTS) is 1. The highest BCUT2D eigenvalue weighted by Crippen LogP contribution is 2.24. The lowest BCUT2D eigenvalue weighted by Crippen LogP contribution is -2.45. The molecule has 1 aliphatic heterocycles. The summed E-state index contributed by atoms with van der Waals surface area (Å²) < 4.78 is 13.4. The van der Waals surface area contributed by atoms with E-state index in [4.69, 9.17) is 5.11 Å². The summed E-state index contributed by atoms with van der Waals surface area (Å²) >= 11 is 3.05. The number of rotatable bonds is 2. The van der Waals surface area contributed by atoms with Gasteiger partial charge in [-0.3, -0.25) is 9.59 Å². The van der Waals surface area contributed by atoms with Crippen molar-refractivity contribution in [2.75, 3.05) is 13.1 Å². The Morgan fingerprint density at radius 3 is 2.70 bits per heavy atom. The highest BCUT2D eigenvalue weighted by atomic mass is 79.9. The molecule has 1 fully saturated rings. The zero-order chi connectivity index (χ0) is 14.9. The summed E-state index contributed by atoms with van der Waals surface area (Å²) in [4.78, 5) is 25.0. The van der Waals surface area contributed by atoms with E-state index < -0.39 is 17.7 Å². The van der Waals surface area contributed by atoms with E-state index >= 15 is 0 Å². The summed E-state index contributed by atoms with van der Waals surface area (Å²) in [5, 5.41) is 9.11. The Morgan fingerprint density at radius 2 is 2.10 bits per heavy atom. The van der Waals surface area contributed by atoms with Gasteiger partial charge in [0, 0.05) is 18.7 Å². The van der Waals surface area contributed by atoms with Gasteiger partial charge >= 0.3 is 5.97 Å². The molecule has 1 aromatic rings. The van der Waals surface area contributed by atoms with Crippen molar-refractivity contribution in [1.29, 1.82) is 0 Å². The predicted octanol–water partition coefficient (Wildman–Crippen LogP) is 2.77. The minimum absolute atomic E-state index is 0.137. The number of hydrogen-bond donors (Lipinski definition) is 1. The van der Waals surface area contributed by atoms with Crippen LogP contribution in [0, 0.1) is 17.7 Å². The van der Waals surface area contributed by atoms with Crippen LogP contribution in [0.3, 0.4) is 0 Å². The van der Waals surface area contributed by atoms with Crippen molar-refractivity contribution < 1.29 is 19.1 Å². The van der Waals surface area contributed by atoms with E-state index in [1.165, 1.54) is 23.1 Å². The Labute approximate surface area is 124 Å². The molecule has 108 valence electrons. The number of amides is 1. The van der Waals surface area contributed by atoms with Gasteiger partial charge in [-0.2, -0.15) is 0 Å². The average molecular weight is 344 g/mol. The molecular formula is C14H15BrFNO3. The van der Waals surface area contributed by atoms with Crippen molar-refractivity contribution in [3.05, 3.63) is 34.1 Å². The fraction of sp³-hybridized carbons (Fsp3) is 0.429. The van der Waals surface area contributed by atoms with Gasteiger partial charge in [0.15, 0.2) is 0 Å². The molecule has 20 heavy (non-hydrogen) atoms. The van der Waals surface area contributed by atoms with E-state index in [0.29, 0.717) is 18.5 Å². The summed E-state index contributed by atoms with van der Waals surface area (Å²) in [6.45, 7) is 2.65. The Morgan fingerprint density at radius 1 is 1.40 bits per heavy atom. The third kappa shape index (κ3) is 3.17. The minimum Gasteiger partial charge on any atom is -0.481 e. The van der Waals surface area contributed by atoms with Crippen molar-refractivity contribution in [1.82, 2.24) is 4.90 Å². The summed E-state index contributed by atoms with van der Waals surface area (Å²) in [5.74, 6) is -1.97. The van der Waals surface area contributed by atoms with E-state index in [-0.39, 0.29) is 22.8 Å². The van der Waals surface area contributed by atoms with Gasteiger partial charge in [-0.15, -0.1) is 0 Å². The molecule has 1 saturated heterocycles. The van der Waals surface area contributed by atoms with Crippen LogP contribution in [0.25, 0.3) is 0 Å². The number of carbonyl (C=O) groups is 2. The zero-order valence-corrected chi connectivity index (χ0v) is 12.6. The molecule has 2 unspecified atom stereocenters. The molecule has 6 heteroatoms. The smallest absolute Gasteiger partial charge is 0.308 e. The summed E-state index contributed by atoms with van der Waals surface area (Å²) in [5.41, 5.74) is 0.358. The van der Waals surface area contributed by atoms with Crippen molar-refractivity contribution in [3.8, 4) is 0 Å². The number of carboxylic acids is 1. The van der Waals surface area contributed by atoms with Gasteiger partial charge in [0.2, 0.25) is 0 Å². The Balaban J connectivity index is 2.19. The van der Waals surface area contributed by atoms with E-state index in [1.807, 2.05) is 6.92 Å². The first-order chi connectivity index (χ1) is 9.38. The number of nitrogens with zero attached hydrogens (tertiary/aromatic N) is 1. The highest BCUT2D eigenvalue weighted by Gasteiger charge is 2.32. The van der Waals surface area contributed by atoms with Crippen LogP contribution in [0.4, 0.5) is 4.39 Å². The van der Waals surface area contributed by atoms with Crippen LogP contribution in [0.2, 0.25) is 0 Å². The summed E-state index contributed by atoms with van der Waals surface area (Å²) in [7, 11) is 0. The Hall–Kier alpha value is -1.43. The number of carbonyl (C=O) groups excluding carboxylic acids is 1. The van der Waals surface area contributed by atoms with Crippen molar-refractivity contribution in [2.24, 2.45) is 11.8 Å². The van der Waals surface area contributed by atoms with Gasteiger partial charge in [0.05, 0.1) is 10.4 Å². The molecular weight excluding hydrogens is 329 g/mol. The molecule has 0 bridgehead atoms. The topological polar surface area (TPSA) is 57.6 Å². The molecule has 4 nitrogen and oxygen atoms in total. The SMILES string of the molecule is CC1CC(C(=O)O)CN(C(=O)c2ccc(F)c(Br)c2)C1. The minimum atomic E-state index is -0.880. The lowest BCUT2D eigenvalue weighted by atomic mass is 9.90. The largest absolute Gasteiger partial charge is 0.481 e. The van der Waals surface area contributed by atoms with Gasteiger partial charge in [0.1, 0.15) is 5.82 Å². The van der Waals surface area contributed by atoms with Crippen LogP contribution in [0.5, 0.6) is 0 Å². The van der Waals surface area contributed by atoms with Gasteiger partial charge in [0.25, 0.3) is 5.91 Å². The second-order valence-corrected chi connectivity index (χ2v) is 6.07. The molecule has 1 amide bonds. The van der Waals surface area contributed by atoms with Crippen LogP contribution in [-0.2, 0) is 4.79 Å². The number of piperidine rings is 1. The molecule has 2 rings (SSSR count). The number of halogens is 2. The molecule has 1 heterocycles. The molecule has 1 N–H and O–H groups in total. The zero-order valence-electron chi connectivity index (χ0n) is 11.0. The maximum absolute atomic E-state index is 13.2. The number of aliphatic carboxylic acids is 1. The van der Waals surface area contributed by atoms with Crippen LogP contribution in [0.15, 0.2) is 22.7 Å². The molecule has 2 atom stereocenters. The first-order valence-corrected chi connectivity index (χ1v) is 7.15. The van der Waals surface area contributed by atoms with E-state index in [1.54, 1.807) is 0 Å². The Kier molecular flexibility index (Phi) is 4.42. The lowest BCUT2D eigenvalue weighted by Gasteiger charge is -2.34. The maximum Gasteiger partial charge on any atom is 0.308 e. The summed E-state index contributed by atoms with van der Waals surface area (Å²) in [6, 6.07) is 4.06. The average Bonchev–Trinajstić information content (AvgIpc) is 2.40. The van der Waals surface area contributed by atoms with Crippen molar-refractivity contribution >= 4 is 27.8 Å². The van der Waals surface area contributed by atoms with Gasteiger partial charge in [-0.1, -0.05) is 6.92 Å². The van der Waals surface area contributed by atoms with Gasteiger partial charge in [-0.25, -0.2) is 4.39 Å². The van der Waals surface area contributed by atoms with Crippen LogP contribution in [0.1, 0.15) is 23.7 Å². The van der Waals surface area contributed by atoms with Crippen LogP contribution >= 0.6 is 15.9 Å². The van der Waals surface area contributed by atoms with Crippen molar-refractivity contribution in [2.45, 2.75) is 13.3 Å². The molecule has 0 saturated carbocycles. The third-order valence-corrected chi connectivity index (χ3v) is 4.07. The molecule has 0 aromatic heterocycles. The fourth-order valence-electron chi connectivity index (χ4n) is 2.51. The molecule has 0 aliphatic carbocycles. The standard InChI is InChI=1S/C14H15BrFNO3/c1-8-4-10(14(19)20)7-17(6-8)13(18)9-2-3-12(16)11(15)5-9/h2-3,5,8,10H,4,6-7H2,1H3,(H,19,20). The van der Waals surface area contributed by atoms with Gasteiger partial charge < -0.3 is 10.0 Å². The molecule has 0 radical (unpaired) electrons. The number of likely N-dealkylation sites (tertiary alicyclic amines) is 1. The van der Waals surface area contributed by atoms with Crippen molar-refractivity contribution in [3.63, 3.8) is 0 Å². The fourth-order valence-corrected chi connectivity index (χ4v) is 2.89. The first kappa shape index (κ1) is 15.0. The third-order valence-electron chi connectivity index (χ3n) is 3.46. The van der Waals surface area contributed by atoms with E-state index in [9.17, 15) is 14.0 Å². The second-order valence-electron chi connectivity index (χ2n) is 5.22. The maximum atomic E-state index is 13.2. The predicted molar refractivity (Wildman–Crippen MR) is 74.9 cm³/mol. The normalized spacial score (nSPS) is 22.6. The quantitative estimate of drug-likeness (QED) is 0.898. The van der Waals surface area contributed by atoms with E-state index in [0.717, 1.165) is 0 Å². The number of benzene rings is 1. The second kappa shape index (κ2) is 5.91. The van der Waals surface area contributed by atoms with Crippen LogP contribution < -0.4 is 0 Å². The number of hydrogen-bond acceptors (Lipinski definition) is 2. The van der Waals surface area contributed by atoms with E-state index in [2.05, 4.69) is 15.9 Å². The lowest BCUT2D eigenvalue weighted by molar-refractivity contribution is -0.143. The monoisotopic (exact) mass is 343 g/mol. The summed E-state index contributed by atoms with van der Waals surface area (Å²) in [6.07, 6.45) is 0.576. The molecule has 1 aromatic carbocycles. The molecule has 1 aliphatic rings.